The molecule has 0 heterocycles. The maximum atomic E-state index is 12.2. The molecule has 0 saturated carbocycles. The van der Waals surface area contributed by atoms with Crippen molar-refractivity contribution in [3.63, 3.8) is 0 Å². The van der Waals surface area contributed by atoms with Crippen molar-refractivity contribution in [2.45, 2.75) is 10.7 Å². The van der Waals surface area contributed by atoms with Gasteiger partial charge in [0.25, 0.3) is 17.6 Å². The molecule has 2 aromatic carbocycles. The Morgan fingerprint density at radius 1 is 0.960 bits per heavy atom. The first-order valence-corrected chi connectivity index (χ1v) is 7.95. The molecule has 2 aromatic rings. The highest BCUT2D eigenvalue weighted by atomic mass is 32.2. The van der Waals surface area contributed by atoms with E-state index in [9.17, 15) is 23.2 Å². The Balaban J connectivity index is 1.83. The number of nitrogens with one attached hydrogen (secondary N) is 1. The van der Waals surface area contributed by atoms with E-state index in [1.54, 1.807) is 18.2 Å². The third-order valence-electron chi connectivity index (χ3n) is 2.94. The predicted octanol–water partition coefficient (Wildman–Crippen LogP) is 3.11. The van der Waals surface area contributed by atoms with E-state index in [4.69, 9.17) is 4.74 Å². The van der Waals surface area contributed by atoms with Crippen LogP contribution in [0, 0.1) is 0 Å². The van der Waals surface area contributed by atoms with Crippen LogP contribution in [0.4, 0.5) is 8.78 Å². The molecule has 0 fully saturated rings. The number of alkyl halides is 2. The molecule has 0 aliphatic heterocycles. The summed E-state index contributed by atoms with van der Waals surface area (Å²) in [7, 11) is 0. The van der Waals surface area contributed by atoms with E-state index < -0.39 is 30.1 Å². The van der Waals surface area contributed by atoms with Gasteiger partial charge in [0.15, 0.2) is 6.61 Å². The lowest BCUT2D eigenvalue weighted by Crippen LogP contribution is -2.34. The van der Waals surface area contributed by atoms with E-state index in [1.807, 2.05) is 0 Å². The minimum absolute atomic E-state index is 0.112. The number of hydrogen-bond donors (Lipinski definition) is 1. The molecule has 130 valence electrons. The lowest BCUT2D eigenvalue weighted by molar-refractivity contribution is -0.123. The van der Waals surface area contributed by atoms with E-state index in [0.29, 0.717) is 22.2 Å². The first-order chi connectivity index (χ1) is 12.0. The van der Waals surface area contributed by atoms with Gasteiger partial charge in [0.2, 0.25) is 0 Å². The highest BCUT2D eigenvalue weighted by Gasteiger charge is 2.14. The molecular formula is C17H13F2NO4S. The Morgan fingerprint density at radius 2 is 1.60 bits per heavy atom. The Hall–Kier alpha value is -2.74. The summed E-state index contributed by atoms with van der Waals surface area (Å²) in [6.45, 7) is -0.634. The minimum Gasteiger partial charge on any atom is -0.452 e. The van der Waals surface area contributed by atoms with E-state index in [1.165, 1.54) is 36.4 Å². The fourth-order valence-electron chi connectivity index (χ4n) is 1.81. The highest BCUT2D eigenvalue weighted by molar-refractivity contribution is 7.99. The average Bonchev–Trinajstić information content (AvgIpc) is 2.60. The average molecular weight is 365 g/mol. The summed E-state index contributed by atoms with van der Waals surface area (Å²) in [6, 6.07) is 13.4. The standard InChI is InChI=1S/C17H13F2NO4S/c18-17(19)25-13-8-6-12(7-9-13)16(23)24-10-14(21)20-15(22)11-4-2-1-3-5-11/h1-9,17H,10H2,(H,20,21,22). The largest absolute Gasteiger partial charge is 0.452 e. The Kier molecular flexibility index (Phi) is 6.64. The zero-order valence-electron chi connectivity index (χ0n) is 12.8. The Labute approximate surface area is 146 Å². The Morgan fingerprint density at radius 3 is 2.20 bits per heavy atom. The van der Waals surface area contributed by atoms with Crippen molar-refractivity contribution < 1.29 is 27.9 Å². The molecule has 25 heavy (non-hydrogen) atoms. The maximum Gasteiger partial charge on any atom is 0.338 e. The lowest BCUT2D eigenvalue weighted by Gasteiger charge is -2.06. The number of imide groups is 1. The third-order valence-corrected chi connectivity index (χ3v) is 3.66. The quantitative estimate of drug-likeness (QED) is 0.629. The second kappa shape index (κ2) is 8.93. The lowest BCUT2D eigenvalue weighted by atomic mass is 10.2. The molecule has 0 atom stereocenters. The molecule has 0 aliphatic rings. The van der Waals surface area contributed by atoms with Crippen molar-refractivity contribution in [1.82, 2.24) is 5.32 Å². The first-order valence-electron chi connectivity index (χ1n) is 7.07. The second-order valence-corrected chi connectivity index (χ2v) is 5.79. The number of amides is 2. The SMILES string of the molecule is O=C(COC(=O)c1ccc(SC(F)F)cc1)NC(=O)c1ccccc1. The number of thioether (sulfide) groups is 1. The van der Waals surface area contributed by atoms with Gasteiger partial charge in [-0.3, -0.25) is 14.9 Å². The minimum atomic E-state index is -2.55. The fourth-order valence-corrected chi connectivity index (χ4v) is 2.31. The van der Waals surface area contributed by atoms with Crippen molar-refractivity contribution in [1.29, 1.82) is 0 Å². The maximum absolute atomic E-state index is 12.2. The van der Waals surface area contributed by atoms with E-state index in [-0.39, 0.29) is 5.56 Å². The van der Waals surface area contributed by atoms with Crippen LogP contribution in [0.3, 0.4) is 0 Å². The van der Waals surface area contributed by atoms with Gasteiger partial charge in [-0.2, -0.15) is 8.78 Å². The molecule has 2 rings (SSSR count). The van der Waals surface area contributed by atoms with Crippen LogP contribution in [0.2, 0.25) is 0 Å². The summed E-state index contributed by atoms with van der Waals surface area (Å²) in [5, 5.41) is 2.09. The van der Waals surface area contributed by atoms with E-state index >= 15 is 0 Å². The predicted molar refractivity (Wildman–Crippen MR) is 87.5 cm³/mol. The van der Waals surface area contributed by atoms with Crippen molar-refractivity contribution in [2.75, 3.05) is 6.61 Å². The fraction of sp³-hybridized carbons (Fsp3) is 0.118. The van der Waals surface area contributed by atoms with E-state index in [0.717, 1.165) is 0 Å². The van der Waals surface area contributed by atoms with Crippen LogP contribution in [-0.4, -0.2) is 30.1 Å². The number of esters is 1. The van der Waals surface area contributed by atoms with Gasteiger partial charge in [0.05, 0.1) is 5.56 Å². The number of carbonyl (C=O) groups excluding carboxylic acids is 3. The molecule has 0 radical (unpaired) electrons. The van der Waals surface area contributed by atoms with Crippen molar-refractivity contribution in [3.8, 4) is 0 Å². The van der Waals surface area contributed by atoms with Gasteiger partial charge in [0, 0.05) is 10.5 Å². The van der Waals surface area contributed by atoms with Crippen molar-refractivity contribution in [3.05, 3.63) is 65.7 Å². The van der Waals surface area contributed by atoms with Crippen LogP contribution in [0.1, 0.15) is 20.7 Å². The molecule has 0 spiro atoms. The van der Waals surface area contributed by atoms with Gasteiger partial charge < -0.3 is 4.74 Å². The molecule has 2 amide bonds. The molecule has 0 unspecified atom stereocenters. The van der Waals surface area contributed by atoms with Gasteiger partial charge in [-0.25, -0.2) is 4.79 Å². The van der Waals surface area contributed by atoms with E-state index in [2.05, 4.69) is 5.32 Å². The number of carbonyl (C=O) groups is 3. The number of halogens is 2. The molecule has 1 N–H and O–H groups in total. The van der Waals surface area contributed by atoms with Gasteiger partial charge in [-0.15, -0.1) is 0 Å². The van der Waals surface area contributed by atoms with Crippen LogP contribution < -0.4 is 5.32 Å². The normalized spacial score (nSPS) is 10.4. The second-order valence-electron chi connectivity index (χ2n) is 4.72. The van der Waals surface area contributed by atoms with Crippen LogP contribution in [0.5, 0.6) is 0 Å². The van der Waals surface area contributed by atoms with Crippen LogP contribution in [0.25, 0.3) is 0 Å². The number of benzene rings is 2. The molecule has 0 aromatic heterocycles. The summed E-state index contributed by atoms with van der Waals surface area (Å²) in [4.78, 5) is 35.5. The van der Waals surface area contributed by atoms with Crippen molar-refractivity contribution >= 4 is 29.5 Å². The number of rotatable bonds is 6. The summed E-state index contributed by atoms with van der Waals surface area (Å²) in [6.07, 6.45) is 0. The molecular weight excluding hydrogens is 352 g/mol. The van der Waals surface area contributed by atoms with Gasteiger partial charge >= 0.3 is 5.97 Å². The van der Waals surface area contributed by atoms with Crippen molar-refractivity contribution in [2.24, 2.45) is 0 Å². The highest BCUT2D eigenvalue weighted by Crippen LogP contribution is 2.25. The summed E-state index contributed by atoms with van der Waals surface area (Å²) >= 11 is 0.355. The van der Waals surface area contributed by atoms with Gasteiger partial charge in [0.1, 0.15) is 0 Å². The zero-order valence-corrected chi connectivity index (χ0v) is 13.6. The molecule has 0 saturated heterocycles. The smallest absolute Gasteiger partial charge is 0.338 e. The van der Waals surface area contributed by atoms with Gasteiger partial charge in [-0.05, 0) is 36.4 Å². The summed E-state index contributed by atoms with van der Waals surface area (Å²) in [5.74, 6) is -4.72. The third kappa shape index (κ3) is 6.00. The molecule has 8 heteroatoms. The molecule has 0 bridgehead atoms. The topological polar surface area (TPSA) is 72.5 Å². The number of hydrogen-bond acceptors (Lipinski definition) is 5. The van der Waals surface area contributed by atoms with Crippen LogP contribution in [0.15, 0.2) is 59.5 Å². The monoisotopic (exact) mass is 365 g/mol. The molecule has 5 nitrogen and oxygen atoms in total. The zero-order chi connectivity index (χ0) is 18.2. The number of ether oxygens (including phenoxy) is 1. The van der Waals surface area contributed by atoms with Crippen LogP contribution >= 0.6 is 11.8 Å². The molecule has 0 aliphatic carbocycles. The Bertz CT molecular complexity index is 751. The van der Waals surface area contributed by atoms with Crippen LogP contribution in [-0.2, 0) is 9.53 Å². The van der Waals surface area contributed by atoms with Gasteiger partial charge in [-0.1, -0.05) is 30.0 Å². The summed E-state index contributed by atoms with van der Waals surface area (Å²) < 4.78 is 29.2. The summed E-state index contributed by atoms with van der Waals surface area (Å²) in [5.41, 5.74) is 0.412. The first kappa shape index (κ1) is 18.6.